The van der Waals surface area contributed by atoms with E-state index < -0.39 is 29.8 Å². The molecule has 0 saturated carbocycles. The number of nitrogens with one attached hydrogen (secondary N) is 1. The van der Waals surface area contributed by atoms with E-state index >= 15 is 0 Å². The van der Waals surface area contributed by atoms with Crippen LogP contribution in [0, 0.1) is 30.6 Å². The van der Waals surface area contributed by atoms with E-state index in [4.69, 9.17) is 14.5 Å². The van der Waals surface area contributed by atoms with E-state index in [0.717, 1.165) is 49.8 Å². The Hall–Kier alpha value is -3.64. The molecule has 1 aliphatic heterocycles. The Balaban J connectivity index is 1.88. The van der Waals surface area contributed by atoms with Crippen molar-refractivity contribution in [2.45, 2.75) is 144 Å². The van der Waals surface area contributed by atoms with Crippen LogP contribution in [-0.2, 0) is 35.1 Å². The molecule has 12 heteroatoms. The Labute approximate surface area is 339 Å². The Kier molecular flexibility index (Phi) is 19.1. The minimum atomic E-state index is -0.801. The molecule has 312 valence electrons. The number of carbonyl (C=O) groups is 5. The molecule has 2 aromatic rings. The molecular weight excluding hydrogens is 729 g/mol. The largest absolute Gasteiger partial charge is 0.466 e. The average molecular weight is 797 g/mol. The van der Waals surface area contributed by atoms with Gasteiger partial charge in [0, 0.05) is 49.7 Å². The predicted molar refractivity (Wildman–Crippen MR) is 221 cm³/mol. The van der Waals surface area contributed by atoms with Crippen molar-refractivity contribution >= 4 is 40.9 Å². The van der Waals surface area contributed by atoms with Gasteiger partial charge in [-0.3, -0.25) is 28.9 Å². The minimum absolute atomic E-state index is 0.00641. The first-order valence-corrected chi connectivity index (χ1v) is 21.7. The van der Waals surface area contributed by atoms with E-state index in [1.165, 1.54) is 18.3 Å². The number of likely N-dealkylation sites (N-methyl/N-ethyl adjacent to an activating group) is 1. The van der Waals surface area contributed by atoms with Crippen LogP contribution in [0.4, 0.5) is 0 Å². The summed E-state index contributed by atoms with van der Waals surface area (Å²) in [5.41, 5.74) is 2.34. The number of amides is 2. The van der Waals surface area contributed by atoms with Crippen molar-refractivity contribution in [3.63, 3.8) is 0 Å². The third kappa shape index (κ3) is 13.8. The second kappa shape index (κ2) is 22.9. The third-order valence-corrected chi connectivity index (χ3v) is 12.1. The minimum Gasteiger partial charge on any atom is -0.466 e. The van der Waals surface area contributed by atoms with Gasteiger partial charge in [0.2, 0.25) is 5.91 Å². The molecular formula is C44H68N4O7S. The molecule has 0 radical (unpaired) electrons. The number of ketones is 1. The predicted octanol–water partition coefficient (Wildman–Crippen LogP) is 7.75. The number of carbonyl (C=O) groups excluding carboxylic acids is 5. The van der Waals surface area contributed by atoms with Crippen LogP contribution in [0.5, 0.6) is 0 Å². The summed E-state index contributed by atoms with van der Waals surface area (Å²) in [6.45, 7) is 18.9. The maximum atomic E-state index is 14.7. The molecule has 56 heavy (non-hydrogen) atoms. The zero-order valence-corrected chi connectivity index (χ0v) is 36.4. The molecule has 2 heterocycles. The van der Waals surface area contributed by atoms with Gasteiger partial charge in [-0.1, -0.05) is 84.2 Å². The molecule has 1 N–H and O–H groups in total. The first kappa shape index (κ1) is 46.7. The first-order valence-electron chi connectivity index (χ1n) is 20.8. The molecule has 11 nitrogen and oxygen atoms in total. The smallest absolute Gasteiger partial charge is 0.308 e. The maximum Gasteiger partial charge on any atom is 0.308 e. The standard InChI is InChI=1S/C44H68N4O7S/c1-11-21-48(43(52)35(30(7)12-2)25-39(50)37-16-14-15-22-47(37)10)38(28(4)5)26-40(55-32(9)49)42-46-36(27-56-42)41(51)45-34(23-31(8)44(53)54-13-3)24-33-19-17-29(6)18-20-33/h17-20,27-28,30-31,34-35,37-38,40H,11-16,21-26H2,1-10H3,(H,45,51)/t30-,31?,34+,35-,37+,38+,40+/m0/s1. The van der Waals surface area contributed by atoms with Crippen molar-refractivity contribution in [3.8, 4) is 0 Å². The second-order valence-corrected chi connectivity index (χ2v) is 17.0. The number of hydrogen-bond donors (Lipinski definition) is 1. The molecule has 1 aliphatic rings. The molecule has 1 unspecified atom stereocenters. The Morgan fingerprint density at radius 3 is 2.30 bits per heavy atom. The number of rotatable bonds is 22. The van der Waals surface area contributed by atoms with Gasteiger partial charge in [-0.25, -0.2) is 4.98 Å². The lowest BCUT2D eigenvalue weighted by Gasteiger charge is -2.39. The molecule has 0 aliphatic carbocycles. The summed E-state index contributed by atoms with van der Waals surface area (Å²) in [7, 11) is 2.00. The van der Waals surface area contributed by atoms with Crippen LogP contribution < -0.4 is 5.32 Å². The molecule has 3 rings (SSSR count). The van der Waals surface area contributed by atoms with Gasteiger partial charge in [-0.2, -0.15) is 0 Å². The molecule has 1 fully saturated rings. The second-order valence-electron chi connectivity index (χ2n) is 16.2. The summed E-state index contributed by atoms with van der Waals surface area (Å²) in [5.74, 6) is -2.00. The van der Waals surface area contributed by atoms with Gasteiger partial charge >= 0.3 is 11.9 Å². The van der Waals surface area contributed by atoms with Crippen LogP contribution >= 0.6 is 11.3 Å². The van der Waals surface area contributed by atoms with Gasteiger partial charge in [-0.05, 0) is 76.9 Å². The van der Waals surface area contributed by atoms with Gasteiger partial charge in [0.15, 0.2) is 11.9 Å². The number of ether oxygens (including phenoxy) is 2. The number of nitrogens with zero attached hydrogens (tertiary/aromatic N) is 3. The fourth-order valence-corrected chi connectivity index (χ4v) is 8.57. The fourth-order valence-electron chi connectivity index (χ4n) is 7.73. The normalized spacial score (nSPS) is 17.9. The number of benzene rings is 1. The number of hydrogen-bond acceptors (Lipinski definition) is 10. The summed E-state index contributed by atoms with van der Waals surface area (Å²) in [6.07, 6.45) is 4.99. The first-order chi connectivity index (χ1) is 26.6. The highest BCUT2D eigenvalue weighted by Gasteiger charge is 2.39. The summed E-state index contributed by atoms with van der Waals surface area (Å²) < 4.78 is 11.2. The molecule has 2 amide bonds. The van der Waals surface area contributed by atoms with E-state index in [9.17, 15) is 24.0 Å². The number of aromatic nitrogens is 1. The topological polar surface area (TPSA) is 135 Å². The van der Waals surface area contributed by atoms with Crippen molar-refractivity contribution in [3.05, 3.63) is 51.5 Å². The third-order valence-electron chi connectivity index (χ3n) is 11.2. The summed E-state index contributed by atoms with van der Waals surface area (Å²) in [6, 6.07) is 7.22. The quantitative estimate of drug-likeness (QED) is 0.119. The van der Waals surface area contributed by atoms with E-state index in [1.807, 2.05) is 50.1 Å². The van der Waals surface area contributed by atoms with Crippen LogP contribution in [0.25, 0.3) is 0 Å². The highest BCUT2D eigenvalue weighted by molar-refractivity contribution is 7.09. The van der Waals surface area contributed by atoms with Gasteiger partial charge in [0.05, 0.1) is 18.6 Å². The van der Waals surface area contributed by atoms with Crippen molar-refractivity contribution in [2.75, 3.05) is 26.7 Å². The van der Waals surface area contributed by atoms with E-state index in [2.05, 4.69) is 37.9 Å². The number of Topliss-reactive ketones (excluding diaryl/α,β-unsaturated/α-hetero) is 1. The van der Waals surface area contributed by atoms with E-state index in [0.29, 0.717) is 24.4 Å². The van der Waals surface area contributed by atoms with Crippen LogP contribution in [0.2, 0.25) is 0 Å². The Morgan fingerprint density at radius 1 is 1.02 bits per heavy atom. The number of thiazole rings is 1. The SMILES string of the molecule is CCCN(C(=O)[C@@H](CC(=O)[C@H]1CCCCN1C)[C@@H](C)CC)[C@H](C[C@@H](OC(C)=O)c1nc(C(=O)N[C@@H](Cc2ccc(C)cc2)CC(C)C(=O)OCC)cs1)C(C)C. The highest BCUT2D eigenvalue weighted by atomic mass is 32.1. The number of aryl methyl sites for hydroxylation is 1. The number of esters is 2. The van der Waals surface area contributed by atoms with Crippen molar-refractivity contribution in [1.29, 1.82) is 0 Å². The van der Waals surface area contributed by atoms with Crippen LogP contribution in [0.15, 0.2) is 29.6 Å². The summed E-state index contributed by atoms with van der Waals surface area (Å²) in [5, 5.41) is 5.22. The van der Waals surface area contributed by atoms with Gasteiger partial charge in [0.1, 0.15) is 10.7 Å². The lowest BCUT2D eigenvalue weighted by atomic mass is 9.82. The Bertz CT molecular complexity index is 1580. The summed E-state index contributed by atoms with van der Waals surface area (Å²) in [4.78, 5) is 76.0. The average Bonchev–Trinajstić information content (AvgIpc) is 3.66. The van der Waals surface area contributed by atoms with Crippen LogP contribution in [0.1, 0.15) is 139 Å². The number of piperidine rings is 1. The van der Waals surface area contributed by atoms with E-state index in [-0.39, 0.29) is 72.8 Å². The van der Waals surface area contributed by atoms with Crippen molar-refractivity contribution in [2.24, 2.45) is 23.7 Å². The molecule has 1 aromatic heterocycles. The Morgan fingerprint density at radius 2 is 1.71 bits per heavy atom. The lowest BCUT2D eigenvalue weighted by Crippen LogP contribution is -2.50. The van der Waals surface area contributed by atoms with Crippen molar-refractivity contribution in [1.82, 2.24) is 20.1 Å². The monoisotopic (exact) mass is 796 g/mol. The zero-order valence-electron chi connectivity index (χ0n) is 35.6. The molecule has 0 spiro atoms. The van der Waals surface area contributed by atoms with E-state index in [1.54, 1.807) is 19.2 Å². The number of likely N-dealkylation sites (tertiary alicyclic amines) is 1. The van der Waals surface area contributed by atoms with Crippen LogP contribution in [0.3, 0.4) is 0 Å². The molecule has 7 atom stereocenters. The fraction of sp³-hybridized carbons (Fsp3) is 0.682. The molecule has 0 bridgehead atoms. The lowest BCUT2D eigenvalue weighted by molar-refractivity contribution is -0.150. The van der Waals surface area contributed by atoms with Crippen LogP contribution in [-0.4, -0.2) is 89.2 Å². The summed E-state index contributed by atoms with van der Waals surface area (Å²) >= 11 is 1.24. The van der Waals surface area contributed by atoms with Gasteiger partial charge in [0.25, 0.3) is 5.91 Å². The van der Waals surface area contributed by atoms with Crippen molar-refractivity contribution < 1.29 is 33.4 Å². The van der Waals surface area contributed by atoms with Gasteiger partial charge < -0.3 is 19.7 Å². The zero-order chi connectivity index (χ0) is 41.5. The van der Waals surface area contributed by atoms with Gasteiger partial charge in [-0.15, -0.1) is 11.3 Å². The molecule has 1 saturated heterocycles. The molecule has 1 aromatic carbocycles. The highest BCUT2D eigenvalue weighted by Crippen LogP contribution is 2.34. The maximum absolute atomic E-state index is 14.7.